The lowest BCUT2D eigenvalue weighted by Crippen LogP contribution is -2.25. The molecule has 35 heavy (non-hydrogen) atoms. The maximum Gasteiger partial charge on any atom is 0.308 e. The normalized spacial score (nSPS) is 9.83. The predicted molar refractivity (Wildman–Crippen MR) is 131 cm³/mol. The average Bonchev–Trinajstić information content (AvgIpc) is 2.89. The Hall–Kier alpha value is -5.32. The average molecular weight is 473 g/mol. The number of nitro groups is 3. The Morgan fingerprint density at radius 3 is 1.20 bits per heavy atom. The summed E-state index contributed by atoms with van der Waals surface area (Å²) in [5.41, 5.74) is 0.987. The predicted octanol–water partition coefficient (Wildman–Crippen LogP) is 6.26. The first-order chi connectivity index (χ1) is 16.9. The molecule has 1 N–H and O–H groups in total. The van der Waals surface area contributed by atoms with Crippen LogP contribution < -0.4 is 10.4 Å². The SMILES string of the molecule is O=[N+]([O-])c1cc([N+](=O)[O-])c(NN(c2ccccc2)c2ccccc2)c([N+](=O)[O-])c1.c1ccccc1. The van der Waals surface area contributed by atoms with Crippen LogP contribution in [0.5, 0.6) is 0 Å². The van der Waals surface area contributed by atoms with Crippen LogP contribution in [0.1, 0.15) is 0 Å². The summed E-state index contributed by atoms with van der Waals surface area (Å²) in [6, 6.07) is 30.6. The molecule has 0 radical (unpaired) electrons. The van der Waals surface area contributed by atoms with E-state index >= 15 is 0 Å². The minimum absolute atomic E-state index is 0.474. The number of benzene rings is 4. The minimum atomic E-state index is -0.921. The van der Waals surface area contributed by atoms with Crippen molar-refractivity contribution in [1.29, 1.82) is 0 Å². The lowest BCUT2D eigenvalue weighted by Gasteiger charge is -2.26. The van der Waals surface area contributed by atoms with Crippen LogP contribution >= 0.6 is 0 Å². The number of non-ortho nitro benzene ring substituents is 1. The summed E-state index contributed by atoms with van der Waals surface area (Å²) in [7, 11) is 0. The second-order valence-corrected chi connectivity index (χ2v) is 6.90. The smallest absolute Gasteiger partial charge is 0.282 e. The molecule has 176 valence electrons. The molecule has 0 saturated carbocycles. The Labute approximate surface area is 199 Å². The van der Waals surface area contributed by atoms with Crippen LogP contribution in [0.3, 0.4) is 0 Å². The number of nitrogens with zero attached hydrogens (tertiary/aromatic N) is 4. The number of para-hydroxylation sites is 2. The van der Waals surface area contributed by atoms with E-state index in [1.54, 1.807) is 60.7 Å². The van der Waals surface area contributed by atoms with Gasteiger partial charge in [-0.3, -0.25) is 40.8 Å². The van der Waals surface area contributed by atoms with Gasteiger partial charge in [-0.25, -0.2) is 0 Å². The van der Waals surface area contributed by atoms with Gasteiger partial charge in [0.15, 0.2) is 0 Å². The number of nitrogens with one attached hydrogen (secondary N) is 1. The van der Waals surface area contributed by atoms with Crippen molar-refractivity contribution >= 4 is 34.1 Å². The molecule has 0 unspecified atom stereocenters. The minimum Gasteiger partial charge on any atom is -0.282 e. The van der Waals surface area contributed by atoms with Crippen molar-refractivity contribution in [3.05, 3.63) is 140 Å². The van der Waals surface area contributed by atoms with Gasteiger partial charge in [-0.15, -0.1) is 0 Å². The first-order valence-corrected chi connectivity index (χ1v) is 10.2. The quantitative estimate of drug-likeness (QED) is 0.244. The van der Waals surface area contributed by atoms with Gasteiger partial charge in [0.2, 0.25) is 5.69 Å². The second-order valence-electron chi connectivity index (χ2n) is 6.90. The fraction of sp³-hybridized carbons (Fsp3) is 0. The molecule has 0 aromatic heterocycles. The number of hydrazine groups is 1. The highest BCUT2D eigenvalue weighted by atomic mass is 16.6. The van der Waals surface area contributed by atoms with E-state index in [1.807, 2.05) is 36.4 Å². The van der Waals surface area contributed by atoms with Crippen LogP contribution in [0.15, 0.2) is 109 Å². The highest BCUT2D eigenvalue weighted by Crippen LogP contribution is 2.40. The summed E-state index contributed by atoms with van der Waals surface area (Å²) in [5.74, 6) is 0. The topological polar surface area (TPSA) is 145 Å². The molecular weight excluding hydrogens is 454 g/mol. The number of hydrogen-bond donors (Lipinski definition) is 1. The molecule has 0 aliphatic carbocycles. The van der Waals surface area contributed by atoms with Crippen molar-refractivity contribution < 1.29 is 14.8 Å². The van der Waals surface area contributed by atoms with E-state index in [0.717, 1.165) is 0 Å². The Balaban J connectivity index is 0.000000497. The Morgan fingerprint density at radius 1 is 0.543 bits per heavy atom. The monoisotopic (exact) mass is 473 g/mol. The van der Waals surface area contributed by atoms with Gasteiger partial charge in [-0.1, -0.05) is 72.8 Å². The fourth-order valence-corrected chi connectivity index (χ4v) is 3.03. The molecule has 11 heteroatoms. The van der Waals surface area contributed by atoms with Crippen LogP contribution in [0, 0.1) is 30.3 Å². The van der Waals surface area contributed by atoms with Crippen LogP contribution in [0.4, 0.5) is 34.1 Å². The molecule has 0 aliphatic heterocycles. The van der Waals surface area contributed by atoms with Crippen molar-refractivity contribution in [2.45, 2.75) is 0 Å². The summed E-state index contributed by atoms with van der Waals surface area (Å²) in [5, 5.41) is 35.5. The van der Waals surface area contributed by atoms with Gasteiger partial charge in [0.25, 0.3) is 5.69 Å². The molecule has 4 aromatic rings. The van der Waals surface area contributed by atoms with Gasteiger partial charge in [0.1, 0.15) is 0 Å². The van der Waals surface area contributed by atoms with Crippen LogP contribution in [0.25, 0.3) is 0 Å². The standard InChI is InChI=1S/C18H13N5O6.C6H6/c24-21(25)15-11-16(22(26)27)18(17(12-15)23(28)29)19-20(13-7-3-1-4-8-13)14-9-5-2-6-10-14;1-2-4-6-5-3-1/h1-12,19H;1-6H. The van der Waals surface area contributed by atoms with Gasteiger partial charge >= 0.3 is 11.4 Å². The summed E-state index contributed by atoms with van der Waals surface area (Å²) in [6.07, 6.45) is 0. The van der Waals surface area contributed by atoms with Crippen molar-refractivity contribution in [2.75, 3.05) is 10.4 Å². The Bertz CT molecular complexity index is 1200. The van der Waals surface area contributed by atoms with E-state index in [4.69, 9.17) is 0 Å². The molecule has 0 saturated heterocycles. The first-order valence-electron chi connectivity index (χ1n) is 10.2. The van der Waals surface area contributed by atoms with Crippen LogP contribution in [-0.2, 0) is 0 Å². The molecule has 4 rings (SSSR count). The maximum absolute atomic E-state index is 11.5. The maximum atomic E-state index is 11.5. The van der Waals surface area contributed by atoms with Crippen molar-refractivity contribution in [3.63, 3.8) is 0 Å². The van der Waals surface area contributed by atoms with Crippen molar-refractivity contribution in [3.8, 4) is 0 Å². The van der Waals surface area contributed by atoms with E-state index in [1.165, 1.54) is 5.01 Å². The molecule has 0 spiro atoms. The van der Waals surface area contributed by atoms with Gasteiger partial charge in [0.05, 0.1) is 38.3 Å². The van der Waals surface area contributed by atoms with E-state index in [-0.39, 0.29) is 0 Å². The molecule has 4 aromatic carbocycles. The fourth-order valence-electron chi connectivity index (χ4n) is 3.03. The zero-order valence-electron chi connectivity index (χ0n) is 18.1. The van der Waals surface area contributed by atoms with Gasteiger partial charge in [-0.2, -0.15) is 0 Å². The highest BCUT2D eigenvalue weighted by molar-refractivity contribution is 5.81. The second kappa shape index (κ2) is 11.5. The molecule has 11 nitrogen and oxygen atoms in total. The molecule has 0 amide bonds. The number of anilines is 3. The van der Waals surface area contributed by atoms with Gasteiger partial charge in [0, 0.05) is 0 Å². The van der Waals surface area contributed by atoms with Gasteiger partial charge in [-0.05, 0) is 24.3 Å². The van der Waals surface area contributed by atoms with E-state index in [9.17, 15) is 30.3 Å². The summed E-state index contributed by atoms with van der Waals surface area (Å²) in [4.78, 5) is 31.4. The first kappa shape index (κ1) is 24.3. The third-order valence-electron chi connectivity index (χ3n) is 4.60. The number of nitro benzene ring substituents is 3. The summed E-state index contributed by atoms with van der Waals surface area (Å²) >= 11 is 0. The largest absolute Gasteiger partial charge is 0.308 e. The lowest BCUT2D eigenvalue weighted by molar-refractivity contribution is -0.401. The van der Waals surface area contributed by atoms with E-state index in [0.29, 0.717) is 23.5 Å². The molecule has 0 fully saturated rings. The molecule has 0 atom stereocenters. The van der Waals surface area contributed by atoms with E-state index < -0.39 is 37.5 Å². The number of rotatable bonds is 7. The van der Waals surface area contributed by atoms with Crippen LogP contribution in [-0.4, -0.2) is 14.8 Å². The third-order valence-corrected chi connectivity index (χ3v) is 4.60. The summed E-state index contributed by atoms with van der Waals surface area (Å²) < 4.78 is 0. The molecule has 0 bridgehead atoms. The zero-order valence-corrected chi connectivity index (χ0v) is 18.1. The Kier molecular flexibility index (Phi) is 8.00. The summed E-state index contributed by atoms with van der Waals surface area (Å²) in [6.45, 7) is 0. The molecule has 0 aliphatic rings. The zero-order chi connectivity index (χ0) is 25.2. The van der Waals surface area contributed by atoms with Gasteiger partial charge < -0.3 is 0 Å². The van der Waals surface area contributed by atoms with E-state index in [2.05, 4.69) is 5.43 Å². The Morgan fingerprint density at radius 2 is 0.886 bits per heavy atom. The van der Waals surface area contributed by atoms with Crippen molar-refractivity contribution in [2.24, 2.45) is 0 Å². The third kappa shape index (κ3) is 6.35. The molecular formula is C24H19N5O6. The van der Waals surface area contributed by atoms with Crippen LogP contribution in [0.2, 0.25) is 0 Å². The lowest BCUT2D eigenvalue weighted by atomic mass is 10.2. The number of hydrogen-bond acceptors (Lipinski definition) is 8. The molecule has 0 heterocycles. The highest BCUT2D eigenvalue weighted by Gasteiger charge is 2.32. The van der Waals surface area contributed by atoms with Crippen molar-refractivity contribution in [1.82, 2.24) is 0 Å².